The van der Waals surface area contributed by atoms with Gasteiger partial charge in [0.2, 0.25) is 0 Å². The van der Waals surface area contributed by atoms with Crippen LogP contribution in [0.25, 0.3) is 0 Å². The largest absolute Gasteiger partial charge is 0.416 e. The highest BCUT2D eigenvalue weighted by Gasteiger charge is 2.31. The van der Waals surface area contributed by atoms with Gasteiger partial charge in [-0.15, -0.1) is 11.3 Å². The molecule has 0 radical (unpaired) electrons. The van der Waals surface area contributed by atoms with Crippen molar-refractivity contribution >= 4 is 33.0 Å². The minimum Gasteiger partial charge on any atom is -0.378 e. The molecule has 0 aliphatic heterocycles. The van der Waals surface area contributed by atoms with Gasteiger partial charge in [0, 0.05) is 9.35 Å². The highest BCUT2D eigenvalue weighted by molar-refractivity contribution is 9.10. The second kappa shape index (κ2) is 5.50. The van der Waals surface area contributed by atoms with E-state index in [1.54, 1.807) is 0 Å². The van der Waals surface area contributed by atoms with Gasteiger partial charge in [-0.3, -0.25) is 0 Å². The molecule has 0 unspecified atom stereocenters. The highest BCUT2D eigenvalue weighted by atomic mass is 79.9. The summed E-state index contributed by atoms with van der Waals surface area (Å²) in [4.78, 5) is 0.886. The van der Waals surface area contributed by atoms with Crippen LogP contribution in [0.15, 0.2) is 34.1 Å². The van der Waals surface area contributed by atoms with Crippen molar-refractivity contribution in [3.8, 4) is 0 Å². The number of thiophene rings is 1. The van der Waals surface area contributed by atoms with E-state index < -0.39 is 17.6 Å². The van der Waals surface area contributed by atoms with Crippen LogP contribution >= 0.6 is 27.3 Å². The standard InChI is InChI=1S/C12H8BrF4NS/c13-8-3-4-19-11(8)6-18-10-5-7(12(15,16)17)1-2-9(10)14/h1-5,18H,6H2. The van der Waals surface area contributed by atoms with E-state index in [-0.39, 0.29) is 12.2 Å². The highest BCUT2D eigenvalue weighted by Crippen LogP contribution is 2.32. The zero-order valence-corrected chi connectivity index (χ0v) is 11.8. The molecule has 1 aromatic carbocycles. The molecular weight excluding hydrogens is 346 g/mol. The van der Waals surface area contributed by atoms with E-state index in [0.717, 1.165) is 27.5 Å². The molecule has 0 aliphatic carbocycles. The maximum absolute atomic E-state index is 13.4. The Morgan fingerprint density at radius 1 is 1.21 bits per heavy atom. The molecule has 0 saturated heterocycles. The molecule has 0 fully saturated rings. The summed E-state index contributed by atoms with van der Waals surface area (Å²) in [5.41, 5.74) is -1.03. The zero-order valence-electron chi connectivity index (χ0n) is 9.39. The van der Waals surface area contributed by atoms with Crippen molar-refractivity contribution in [1.82, 2.24) is 0 Å². The number of anilines is 1. The Balaban J connectivity index is 2.18. The molecule has 0 saturated carbocycles. The first kappa shape index (κ1) is 14.3. The second-order valence-electron chi connectivity index (χ2n) is 3.74. The Bertz CT molecular complexity index is 579. The first-order valence-electron chi connectivity index (χ1n) is 5.20. The van der Waals surface area contributed by atoms with Crippen LogP contribution in [0.3, 0.4) is 0 Å². The van der Waals surface area contributed by atoms with Gasteiger partial charge in [0.1, 0.15) is 5.82 Å². The number of nitrogens with one attached hydrogen (secondary N) is 1. The minimum atomic E-state index is -4.48. The smallest absolute Gasteiger partial charge is 0.378 e. The SMILES string of the molecule is Fc1ccc(C(F)(F)F)cc1NCc1sccc1Br. The minimum absolute atomic E-state index is 0.157. The van der Waals surface area contributed by atoms with E-state index in [9.17, 15) is 17.6 Å². The predicted octanol–water partition coefficient (Wildman–Crippen LogP) is 5.28. The molecule has 0 spiro atoms. The molecule has 19 heavy (non-hydrogen) atoms. The van der Waals surface area contributed by atoms with Crippen molar-refractivity contribution in [2.45, 2.75) is 12.7 Å². The fourth-order valence-corrected chi connectivity index (χ4v) is 2.90. The Morgan fingerprint density at radius 3 is 2.53 bits per heavy atom. The molecule has 0 atom stereocenters. The van der Waals surface area contributed by atoms with Gasteiger partial charge >= 0.3 is 6.18 Å². The Kier molecular flexibility index (Phi) is 4.15. The summed E-state index contributed by atoms with van der Waals surface area (Å²) in [5, 5.41) is 4.51. The monoisotopic (exact) mass is 353 g/mol. The van der Waals surface area contributed by atoms with E-state index >= 15 is 0 Å². The molecular formula is C12H8BrF4NS. The van der Waals surface area contributed by atoms with Crippen molar-refractivity contribution in [3.63, 3.8) is 0 Å². The average Bonchev–Trinajstić information content (AvgIpc) is 2.72. The third-order valence-corrected chi connectivity index (χ3v) is 4.35. The Hall–Kier alpha value is -1.08. The maximum Gasteiger partial charge on any atom is 0.416 e. The molecule has 0 amide bonds. The fourth-order valence-electron chi connectivity index (χ4n) is 1.46. The van der Waals surface area contributed by atoms with Crippen molar-refractivity contribution in [1.29, 1.82) is 0 Å². The summed E-state index contributed by atoms with van der Waals surface area (Å²) >= 11 is 4.73. The van der Waals surface area contributed by atoms with Gasteiger partial charge in [0.25, 0.3) is 0 Å². The van der Waals surface area contributed by atoms with Gasteiger partial charge in [-0.1, -0.05) is 0 Å². The summed E-state index contributed by atoms with van der Waals surface area (Å²) in [6.07, 6.45) is -4.48. The zero-order chi connectivity index (χ0) is 14.0. The molecule has 2 aromatic rings. The Labute approximate surface area is 119 Å². The van der Waals surface area contributed by atoms with Gasteiger partial charge < -0.3 is 5.32 Å². The number of benzene rings is 1. The lowest BCUT2D eigenvalue weighted by atomic mass is 10.2. The Morgan fingerprint density at radius 2 is 1.95 bits per heavy atom. The topological polar surface area (TPSA) is 12.0 Å². The molecule has 1 heterocycles. The van der Waals surface area contributed by atoms with Crippen LogP contribution in [0.4, 0.5) is 23.2 Å². The van der Waals surface area contributed by atoms with Crippen molar-refractivity contribution in [2.24, 2.45) is 0 Å². The van der Waals surface area contributed by atoms with Gasteiger partial charge in [-0.2, -0.15) is 13.2 Å². The lowest BCUT2D eigenvalue weighted by molar-refractivity contribution is -0.137. The first-order chi connectivity index (χ1) is 8.88. The second-order valence-corrected chi connectivity index (χ2v) is 5.59. The van der Waals surface area contributed by atoms with Gasteiger partial charge in [-0.05, 0) is 45.6 Å². The van der Waals surface area contributed by atoms with Gasteiger partial charge in [-0.25, -0.2) is 4.39 Å². The normalized spacial score (nSPS) is 11.6. The number of alkyl halides is 3. The van der Waals surface area contributed by atoms with E-state index in [0.29, 0.717) is 0 Å². The summed E-state index contributed by atoms with van der Waals surface area (Å²) in [7, 11) is 0. The van der Waals surface area contributed by atoms with Gasteiger partial charge in [0.15, 0.2) is 0 Å². The predicted molar refractivity (Wildman–Crippen MR) is 70.7 cm³/mol. The third-order valence-electron chi connectivity index (χ3n) is 2.42. The van der Waals surface area contributed by atoms with E-state index in [4.69, 9.17) is 0 Å². The van der Waals surface area contributed by atoms with Gasteiger partial charge in [0.05, 0.1) is 17.8 Å². The molecule has 2 rings (SSSR count). The van der Waals surface area contributed by atoms with Crippen LogP contribution in [0.1, 0.15) is 10.4 Å². The average molecular weight is 354 g/mol. The van der Waals surface area contributed by atoms with Crippen molar-refractivity contribution < 1.29 is 17.6 Å². The van der Waals surface area contributed by atoms with Crippen molar-refractivity contribution in [2.75, 3.05) is 5.32 Å². The molecule has 7 heteroatoms. The number of hydrogen-bond acceptors (Lipinski definition) is 2. The van der Waals surface area contributed by atoms with Crippen LogP contribution in [0.2, 0.25) is 0 Å². The molecule has 1 nitrogen and oxygen atoms in total. The third kappa shape index (κ3) is 3.48. The molecule has 0 aliphatic rings. The number of hydrogen-bond donors (Lipinski definition) is 1. The lowest BCUT2D eigenvalue weighted by Crippen LogP contribution is -2.07. The molecule has 1 N–H and O–H groups in total. The lowest BCUT2D eigenvalue weighted by Gasteiger charge is -2.11. The number of rotatable bonds is 3. The van der Waals surface area contributed by atoms with E-state index in [1.807, 2.05) is 11.4 Å². The van der Waals surface area contributed by atoms with E-state index in [1.165, 1.54) is 11.3 Å². The summed E-state index contributed by atoms with van der Waals surface area (Å²) in [5.74, 6) is -0.708. The van der Waals surface area contributed by atoms with Crippen LogP contribution in [-0.4, -0.2) is 0 Å². The maximum atomic E-state index is 13.4. The summed E-state index contributed by atoms with van der Waals surface area (Å²) < 4.78 is 51.9. The number of halogens is 5. The van der Waals surface area contributed by atoms with Crippen LogP contribution < -0.4 is 5.32 Å². The van der Waals surface area contributed by atoms with Crippen LogP contribution in [0, 0.1) is 5.82 Å². The summed E-state index contributed by atoms with van der Waals surface area (Å²) in [6.45, 7) is 0.260. The molecule has 1 aromatic heterocycles. The molecule has 102 valence electrons. The van der Waals surface area contributed by atoms with Crippen LogP contribution in [0.5, 0.6) is 0 Å². The quantitative estimate of drug-likeness (QED) is 0.740. The fraction of sp³-hybridized carbons (Fsp3) is 0.167. The van der Waals surface area contributed by atoms with Crippen molar-refractivity contribution in [3.05, 3.63) is 50.4 Å². The van der Waals surface area contributed by atoms with E-state index in [2.05, 4.69) is 21.2 Å². The first-order valence-corrected chi connectivity index (χ1v) is 6.87. The van der Waals surface area contributed by atoms with Crippen LogP contribution in [-0.2, 0) is 12.7 Å². The summed E-state index contributed by atoms with van der Waals surface area (Å²) in [6, 6.07) is 4.14. The molecule has 0 bridgehead atoms.